The van der Waals surface area contributed by atoms with E-state index >= 15 is 4.39 Å². The molecule has 1 unspecified atom stereocenters. The summed E-state index contributed by atoms with van der Waals surface area (Å²) in [5.41, 5.74) is 2.69. The van der Waals surface area contributed by atoms with Gasteiger partial charge in [-0.15, -0.1) is 0 Å². The number of alkyl halides is 3. The molecule has 0 saturated heterocycles. The van der Waals surface area contributed by atoms with Crippen LogP contribution in [0, 0.1) is 5.82 Å². The van der Waals surface area contributed by atoms with Crippen molar-refractivity contribution >= 4 is 11.9 Å². The molecule has 0 fully saturated rings. The van der Waals surface area contributed by atoms with Gasteiger partial charge in [-0.25, -0.2) is 9.38 Å². The number of likely N-dealkylation sites (N-methyl/N-ethyl adjacent to an activating group) is 1. The quantitative estimate of drug-likeness (QED) is 0.645. The monoisotopic (exact) mass is 430 g/mol. The third-order valence-electron chi connectivity index (χ3n) is 4.93. The zero-order valence-electron chi connectivity index (χ0n) is 15.9. The van der Waals surface area contributed by atoms with Gasteiger partial charge < -0.3 is 5.73 Å². The summed E-state index contributed by atoms with van der Waals surface area (Å²) in [6.45, 7) is 0. The van der Waals surface area contributed by atoms with E-state index in [2.05, 4.69) is 20.2 Å². The molecule has 0 saturated carbocycles. The highest BCUT2D eigenvalue weighted by Crippen LogP contribution is 2.42. The van der Waals surface area contributed by atoms with Crippen LogP contribution in [0.4, 0.5) is 17.6 Å². The lowest BCUT2D eigenvalue weighted by molar-refractivity contribution is -0.141. The molecule has 1 aromatic carbocycles. The number of aromatic nitrogens is 3. The molecule has 4 rings (SSSR count). The normalized spacial score (nSPS) is 18.9. The minimum Gasteiger partial charge on any atom is -0.369 e. The molecule has 7 nitrogen and oxygen atoms in total. The Morgan fingerprint density at radius 1 is 1.10 bits per heavy atom. The van der Waals surface area contributed by atoms with E-state index < -0.39 is 29.1 Å². The van der Waals surface area contributed by atoms with E-state index in [0.29, 0.717) is 17.3 Å². The summed E-state index contributed by atoms with van der Waals surface area (Å²) in [4.78, 5) is 21.7. The van der Waals surface area contributed by atoms with Crippen LogP contribution in [0.3, 0.4) is 0 Å². The molecule has 3 aromatic rings. The van der Waals surface area contributed by atoms with Crippen LogP contribution in [0.1, 0.15) is 16.8 Å². The summed E-state index contributed by atoms with van der Waals surface area (Å²) >= 11 is 0. The number of benzene rings is 1. The Labute approximate surface area is 173 Å². The molecular weight excluding hydrogens is 416 g/mol. The number of rotatable bonds is 3. The number of carbonyl (C=O) groups is 1. The van der Waals surface area contributed by atoms with E-state index in [1.54, 1.807) is 12.1 Å². The van der Waals surface area contributed by atoms with Crippen molar-refractivity contribution < 1.29 is 22.4 Å². The summed E-state index contributed by atoms with van der Waals surface area (Å²) in [5, 5.41) is 7.71. The van der Waals surface area contributed by atoms with Crippen molar-refractivity contribution in [3.8, 4) is 11.3 Å². The standard InChI is InChI=1S/C20H14F4N6O/c1-30-17(31)19(28-18(30)25,12-6-8-26-16(10-12)20(22,23)24)13-9-11(4-5-14(13)21)15-3-2-7-27-29-15/h2-10H,1H3,(H2,25,28). The molecule has 31 heavy (non-hydrogen) atoms. The summed E-state index contributed by atoms with van der Waals surface area (Å²) in [6, 6.07) is 8.89. The van der Waals surface area contributed by atoms with Crippen LogP contribution in [0.15, 0.2) is 59.9 Å². The van der Waals surface area contributed by atoms with Crippen molar-refractivity contribution in [3.05, 3.63) is 77.5 Å². The molecule has 3 heterocycles. The predicted molar refractivity (Wildman–Crippen MR) is 102 cm³/mol. The largest absolute Gasteiger partial charge is 0.433 e. The summed E-state index contributed by atoms with van der Waals surface area (Å²) in [7, 11) is 1.30. The highest BCUT2D eigenvalue weighted by Gasteiger charge is 2.52. The second-order valence-corrected chi connectivity index (χ2v) is 6.78. The minimum absolute atomic E-state index is 0.220. The lowest BCUT2D eigenvalue weighted by Gasteiger charge is -2.27. The average molecular weight is 430 g/mol. The first-order chi connectivity index (χ1) is 14.6. The lowest BCUT2D eigenvalue weighted by Crippen LogP contribution is -2.41. The number of nitrogens with two attached hydrogens (primary N) is 1. The van der Waals surface area contributed by atoms with Crippen molar-refractivity contribution in [2.45, 2.75) is 11.7 Å². The topological polar surface area (TPSA) is 97.4 Å². The van der Waals surface area contributed by atoms with Crippen LogP contribution in [-0.4, -0.2) is 39.0 Å². The van der Waals surface area contributed by atoms with Crippen LogP contribution in [0.25, 0.3) is 11.3 Å². The van der Waals surface area contributed by atoms with Gasteiger partial charge in [0.25, 0.3) is 5.91 Å². The van der Waals surface area contributed by atoms with E-state index in [1.807, 2.05) is 0 Å². The zero-order chi connectivity index (χ0) is 22.4. The number of carbonyl (C=O) groups excluding carboxylic acids is 1. The van der Waals surface area contributed by atoms with Crippen LogP contribution in [0.5, 0.6) is 0 Å². The number of guanidine groups is 1. The van der Waals surface area contributed by atoms with Gasteiger partial charge in [-0.05, 0) is 48.0 Å². The zero-order valence-corrected chi connectivity index (χ0v) is 15.9. The Morgan fingerprint density at radius 3 is 2.48 bits per heavy atom. The molecular formula is C20H14F4N6O. The summed E-state index contributed by atoms with van der Waals surface area (Å²) in [6.07, 6.45) is -2.44. The molecule has 158 valence electrons. The van der Waals surface area contributed by atoms with Gasteiger partial charge in [-0.2, -0.15) is 23.4 Å². The van der Waals surface area contributed by atoms with Gasteiger partial charge in [0, 0.05) is 30.6 Å². The Bertz CT molecular complexity index is 1200. The smallest absolute Gasteiger partial charge is 0.369 e. The number of pyridine rings is 1. The van der Waals surface area contributed by atoms with E-state index in [0.717, 1.165) is 17.2 Å². The van der Waals surface area contributed by atoms with Crippen LogP contribution >= 0.6 is 0 Å². The molecule has 11 heteroatoms. The van der Waals surface area contributed by atoms with Crippen molar-refractivity contribution in [1.29, 1.82) is 0 Å². The molecule has 2 aromatic heterocycles. The predicted octanol–water partition coefficient (Wildman–Crippen LogP) is 2.73. The van der Waals surface area contributed by atoms with Crippen molar-refractivity contribution in [2.24, 2.45) is 10.7 Å². The number of hydrogen-bond donors (Lipinski definition) is 1. The maximum atomic E-state index is 15.1. The maximum absolute atomic E-state index is 15.1. The van der Waals surface area contributed by atoms with Gasteiger partial charge in [0.15, 0.2) is 11.5 Å². The van der Waals surface area contributed by atoms with Crippen molar-refractivity contribution in [3.63, 3.8) is 0 Å². The van der Waals surface area contributed by atoms with Gasteiger partial charge in [0.05, 0.1) is 5.69 Å². The fourth-order valence-corrected chi connectivity index (χ4v) is 3.39. The molecule has 1 aliphatic rings. The first-order valence-corrected chi connectivity index (χ1v) is 8.90. The lowest BCUT2D eigenvalue weighted by atomic mass is 9.81. The van der Waals surface area contributed by atoms with E-state index in [-0.39, 0.29) is 17.1 Å². The van der Waals surface area contributed by atoms with Gasteiger partial charge >= 0.3 is 6.18 Å². The molecule has 2 N–H and O–H groups in total. The van der Waals surface area contributed by atoms with Crippen LogP contribution < -0.4 is 5.73 Å². The number of nitrogens with zero attached hydrogens (tertiary/aromatic N) is 5. The van der Waals surface area contributed by atoms with E-state index in [1.165, 1.54) is 31.4 Å². The fraction of sp³-hybridized carbons (Fsp3) is 0.150. The molecule has 0 bridgehead atoms. The van der Waals surface area contributed by atoms with E-state index in [9.17, 15) is 18.0 Å². The van der Waals surface area contributed by atoms with Gasteiger partial charge in [-0.3, -0.25) is 14.7 Å². The van der Waals surface area contributed by atoms with Crippen LogP contribution in [-0.2, 0) is 16.5 Å². The number of hydrogen-bond acceptors (Lipinski definition) is 6. The highest BCUT2D eigenvalue weighted by atomic mass is 19.4. The molecule has 1 amide bonds. The number of amides is 1. The third kappa shape index (κ3) is 3.27. The number of aliphatic imine (C=N–C) groups is 1. The molecule has 1 atom stereocenters. The van der Waals surface area contributed by atoms with Gasteiger partial charge in [0.2, 0.25) is 0 Å². The molecule has 0 aliphatic carbocycles. The third-order valence-corrected chi connectivity index (χ3v) is 4.93. The number of halogens is 4. The molecule has 1 aliphatic heterocycles. The van der Waals surface area contributed by atoms with Gasteiger partial charge in [0.1, 0.15) is 11.5 Å². The second kappa shape index (κ2) is 7.11. The minimum atomic E-state index is -4.78. The summed E-state index contributed by atoms with van der Waals surface area (Å²) < 4.78 is 54.9. The SMILES string of the molecule is CN1C(=O)C(c2ccnc(C(F)(F)F)c2)(c2cc(-c3cccnn3)ccc2F)N=C1N. The van der Waals surface area contributed by atoms with Crippen LogP contribution in [0.2, 0.25) is 0 Å². The van der Waals surface area contributed by atoms with Crippen molar-refractivity contribution in [1.82, 2.24) is 20.1 Å². The second-order valence-electron chi connectivity index (χ2n) is 6.78. The Kier molecular flexibility index (Phi) is 4.68. The first kappa shape index (κ1) is 20.4. The van der Waals surface area contributed by atoms with Gasteiger partial charge in [-0.1, -0.05) is 0 Å². The fourth-order valence-electron chi connectivity index (χ4n) is 3.39. The highest BCUT2D eigenvalue weighted by molar-refractivity contribution is 6.09. The Hall–Kier alpha value is -3.89. The Balaban J connectivity index is 2.00. The Morgan fingerprint density at radius 2 is 1.87 bits per heavy atom. The average Bonchev–Trinajstić information content (AvgIpc) is 2.99. The molecule has 0 spiro atoms. The maximum Gasteiger partial charge on any atom is 0.433 e. The van der Waals surface area contributed by atoms with E-state index in [4.69, 9.17) is 5.73 Å². The summed E-state index contributed by atoms with van der Waals surface area (Å²) in [5.74, 6) is -1.92. The van der Waals surface area contributed by atoms with Crippen molar-refractivity contribution in [2.75, 3.05) is 7.05 Å². The molecule has 0 radical (unpaired) electrons. The first-order valence-electron chi connectivity index (χ1n) is 8.90.